The molecule has 1 aromatic rings. The lowest BCUT2D eigenvalue weighted by Gasteiger charge is -2.23. The van der Waals surface area contributed by atoms with Crippen molar-refractivity contribution in [1.29, 1.82) is 0 Å². The fraction of sp³-hybridized carbons (Fsp3) is 0.250. The summed E-state index contributed by atoms with van der Waals surface area (Å²) in [7, 11) is -1.95. The summed E-state index contributed by atoms with van der Waals surface area (Å²) < 4.78 is 24.8. The highest BCUT2D eigenvalue weighted by Crippen LogP contribution is 2.29. The molecule has 0 N–H and O–H groups in total. The van der Waals surface area contributed by atoms with E-state index < -0.39 is 10.0 Å². The van der Waals surface area contributed by atoms with E-state index in [2.05, 4.69) is 9.98 Å². The van der Waals surface area contributed by atoms with Crippen LogP contribution in [0.4, 0.5) is 5.69 Å². The molecule has 0 radical (unpaired) electrons. The summed E-state index contributed by atoms with van der Waals surface area (Å²) in [6.07, 6.45) is 2.84. The van der Waals surface area contributed by atoms with Crippen LogP contribution in [0.25, 0.3) is 0 Å². The van der Waals surface area contributed by atoms with Gasteiger partial charge < -0.3 is 0 Å². The summed E-state index contributed by atoms with van der Waals surface area (Å²) in [5.41, 5.74) is 0.454. The van der Waals surface area contributed by atoms with Crippen molar-refractivity contribution in [3.8, 4) is 0 Å². The smallest absolute Gasteiger partial charge is 0.263 e. The van der Waals surface area contributed by atoms with Gasteiger partial charge in [-0.15, -0.1) is 0 Å². The number of rotatable bonds is 0. The van der Waals surface area contributed by atoms with Gasteiger partial charge in [0.25, 0.3) is 10.0 Å². The van der Waals surface area contributed by atoms with E-state index in [1.54, 1.807) is 13.0 Å². The van der Waals surface area contributed by atoms with Gasteiger partial charge in [-0.2, -0.15) is 0 Å². The lowest BCUT2D eigenvalue weighted by Crippen LogP contribution is -2.33. The molecule has 0 spiro atoms. The van der Waals surface area contributed by atoms with Gasteiger partial charge in [-0.25, -0.2) is 13.4 Å². The SMILES string of the molecule is CC1=Nc2ccncc2S(=O)(=O)N1C. The number of aromatic nitrogens is 1. The van der Waals surface area contributed by atoms with E-state index in [4.69, 9.17) is 0 Å². The van der Waals surface area contributed by atoms with E-state index in [1.807, 2.05) is 0 Å². The van der Waals surface area contributed by atoms with Gasteiger partial charge in [0.1, 0.15) is 10.7 Å². The quantitative estimate of drug-likeness (QED) is 0.636. The van der Waals surface area contributed by atoms with Crippen LogP contribution < -0.4 is 0 Å². The van der Waals surface area contributed by atoms with Gasteiger partial charge in [-0.3, -0.25) is 9.29 Å². The van der Waals surface area contributed by atoms with E-state index in [-0.39, 0.29) is 4.90 Å². The highest BCUT2D eigenvalue weighted by atomic mass is 32.2. The number of hydrogen-bond acceptors (Lipinski definition) is 4. The van der Waals surface area contributed by atoms with Gasteiger partial charge in [0, 0.05) is 19.4 Å². The fourth-order valence-electron chi connectivity index (χ4n) is 1.23. The van der Waals surface area contributed by atoms with E-state index in [1.165, 1.54) is 19.4 Å². The number of amidine groups is 1. The van der Waals surface area contributed by atoms with Crippen LogP contribution in [0.5, 0.6) is 0 Å². The van der Waals surface area contributed by atoms with Crippen LogP contribution in [0, 0.1) is 0 Å². The monoisotopic (exact) mass is 211 g/mol. The zero-order chi connectivity index (χ0) is 10.3. The first kappa shape index (κ1) is 9.14. The summed E-state index contributed by atoms with van der Waals surface area (Å²) in [6.45, 7) is 1.65. The largest absolute Gasteiger partial charge is 0.268 e. The molecule has 0 unspecified atom stereocenters. The molecule has 0 saturated carbocycles. The Morgan fingerprint density at radius 2 is 2.14 bits per heavy atom. The predicted molar refractivity (Wildman–Crippen MR) is 52.0 cm³/mol. The molecular weight excluding hydrogens is 202 g/mol. The van der Waals surface area contributed by atoms with Crippen LogP contribution in [0.1, 0.15) is 6.92 Å². The van der Waals surface area contributed by atoms with Crippen molar-refractivity contribution in [1.82, 2.24) is 9.29 Å². The third-order valence-corrected chi connectivity index (χ3v) is 3.99. The van der Waals surface area contributed by atoms with Crippen LogP contribution in [0.15, 0.2) is 28.3 Å². The molecule has 1 aliphatic heterocycles. The first-order chi connectivity index (χ1) is 6.53. The summed E-state index contributed by atoms with van der Waals surface area (Å²) in [4.78, 5) is 8.08. The van der Waals surface area contributed by atoms with Crippen molar-refractivity contribution in [2.75, 3.05) is 7.05 Å². The summed E-state index contributed by atoms with van der Waals surface area (Å²) in [5.74, 6) is 0.462. The summed E-state index contributed by atoms with van der Waals surface area (Å²) >= 11 is 0. The molecule has 0 aromatic carbocycles. The predicted octanol–water partition coefficient (Wildman–Crippen LogP) is 0.766. The number of aliphatic imine (C=N–C) groups is 1. The van der Waals surface area contributed by atoms with E-state index in [0.717, 1.165) is 4.31 Å². The molecule has 0 aliphatic carbocycles. The van der Waals surface area contributed by atoms with Crippen LogP contribution in [0.3, 0.4) is 0 Å². The normalized spacial score (nSPS) is 18.7. The molecule has 74 valence electrons. The molecular formula is C8H9N3O2S. The maximum absolute atomic E-state index is 11.8. The number of nitrogens with zero attached hydrogens (tertiary/aromatic N) is 3. The minimum atomic E-state index is -3.43. The Hall–Kier alpha value is -1.43. The maximum atomic E-state index is 11.8. The van der Waals surface area contributed by atoms with Crippen molar-refractivity contribution in [3.05, 3.63) is 18.5 Å². The molecule has 0 saturated heterocycles. The molecule has 14 heavy (non-hydrogen) atoms. The topological polar surface area (TPSA) is 62.6 Å². The molecule has 1 aliphatic rings. The van der Waals surface area contributed by atoms with Crippen LogP contribution in [0.2, 0.25) is 0 Å². The Balaban J connectivity index is 2.79. The van der Waals surface area contributed by atoms with E-state index >= 15 is 0 Å². The Kier molecular flexibility index (Phi) is 1.81. The average Bonchev–Trinajstić information content (AvgIpc) is 2.15. The van der Waals surface area contributed by atoms with Gasteiger partial charge in [0.05, 0.1) is 5.69 Å². The summed E-state index contributed by atoms with van der Waals surface area (Å²) in [5, 5.41) is 0. The average molecular weight is 211 g/mol. The van der Waals surface area contributed by atoms with Crippen LogP contribution in [-0.4, -0.2) is 30.6 Å². The molecule has 2 heterocycles. The van der Waals surface area contributed by atoms with Crippen molar-refractivity contribution in [2.24, 2.45) is 4.99 Å². The molecule has 6 heteroatoms. The Bertz CT molecular complexity index is 507. The molecule has 0 bridgehead atoms. The van der Waals surface area contributed by atoms with Crippen LogP contribution in [-0.2, 0) is 10.0 Å². The number of pyridine rings is 1. The van der Waals surface area contributed by atoms with Crippen molar-refractivity contribution < 1.29 is 8.42 Å². The van der Waals surface area contributed by atoms with Crippen LogP contribution >= 0.6 is 0 Å². The third kappa shape index (κ3) is 1.11. The lowest BCUT2D eigenvalue weighted by atomic mass is 10.4. The number of sulfonamides is 1. The highest BCUT2D eigenvalue weighted by molar-refractivity contribution is 7.89. The zero-order valence-electron chi connectivity index (χ0n) is 7.80. The molecule has 1 aromatic heterocycles. The second-order valence-electron chi connectivity index (χ2n) is 2.97. The number of fused-ring (bicyclic) bond motifs is 1. The molecule has 0 atom stereocenters. The second kappa shape index (κ2) is 2.78. The first-order valence-corrected chi connectivity index (χ1v) is 5.46. The molecule has 0 amide bonds. The van der Waals surface area contributed by atoms with Gasteiger partial charge in [-0.05, 0) is 13.0 Å². The van der Waals surface area contributed by atoms with Crippen molar-refractivity contribution in [3.63, 3.8) is 0 Å². The van der Waals surface area contributed by atoms with Crippen molar-refractivity contribution in [2.45, 2.75) is 11.8 Å². The van der Waals surface area contributed by atoms with Crippen molar-refractivity contribution >= 4 is 21.5 Å². The van der Waals surface area contributed by atoms with Gasteiger partial charge in [0.15, 0.2) is 0 Å². The second-order valence-corrected chi connectivity index (χ2v) is 4.91. The molecule has 2 rings (SSSR count). The van der Waals surface area contributed by atoms with Gasteiger partial charge in [-0.1, -0.05) is 0 Å². The molecule has 5 nitrogen and oxygen atoms in total. The zero-order valence-corrected chi connectivity index (χ0v) is 8.61. The Morgan fingerprint density at radius 1 is 1.43 bits per heavy atom. The minimum absolute atomic E-state index is 0.160. The van der Waals surface area contributed by atoms with E-state index in [9.17, 15) is 8.42 Å². The first-order valence-electron chi connectivity index (χ1n) is 4.02. The van der Waals surface area contributed by atoms with Gasteiger partial charge in [0.2, 0.25) is 0 Å². The summed E-state index contributed by atoms with van der Waals surface area (Å²) in [6, 6.07) is 1.59. The maximum Gasteiger partial charge on any atom is 0.268 e. The lowest BCUT2D eigenvalue weighted by molar-refractivity contribution is 0.549. The standard InChI is InChI=1S/C8H9N3O2S/c1-6-10-7-3-4-9-5-8(7)14(12,13)11(6)2/h3-5H,1-2H3. The fourth-order valence-corrected chi connectivity index (χ4v) is 2.49. The number of hydrogen-bond donors (Lipinski definition) is 0. The highest BCUT2D eigenvalue weighted by Gasteiger charge is 2.29. The van der Waals surface area contributed by atoms with E-state index in [0.29, 0.717) is 11.5 Å². The molecule has 0 fully saturated rings. The minimum Gasteiger partial charge on any atom is -0.263 e. The third-order valence-electron chi connectivity index (χ3n) is 2.14. The van der Waals surface area contributed by atoms with Gasteiger partial charge >= 0.3 is 0 Å². The Morgan fingerprint density at radius 3 is 2.86 bits per heavy atom. The Labute approximate surface area is 82.2 Å².